The van der Waals surface area contributed by atoms with Gasteiger partial charge in [-0.25, -0.2) is 9.78 Å². The Hall–Kier alpha value is -3.33. The second-order valence-corrected chi connectivity index (χ2v) is 9.42. The first-order chi connectivity index (χ1) is 16.0. The molecule has 1 aromatic heterocycles. The fourth-order valence-corrected chi connectivity index (χ4v) is 5.20. The summed E-state index contributed by atoms with van der Waals surface area (Å²) in [4.78, 5) is 30.9. The van der Waals surface area contributed by atoms with Gasteiger partial charge in [0.05, 0.1) is 15.7 Å². The van der Waals surface area contributed by atoms with Crippen LogP contribution in [0.4, 0.5) is 10.5 Å². The highest BCUT2D eigenvalue weighted by atomic mass is 32.1. The quantitative estimate of drug-likeness (QED) is 0.596. The molecule has 5 rings (SSSR count). The minimum absolute atomic E-state index is 0.0802. The summed E-state index contributed by atoms with van der Waals surface area (Å²) in [6.07, 6.45) is -0.448. The molecule has 0 radical (unpaired) electrons. The van der Waals surface area contributed by atoms with Crippen molar-refractivity contribution in [3.63, 3.8) is 0 Å². The molecule has 3 heterocycles. The SMILES string of the molecule is C[C@@H](Oc1cc(-c2ccc(N3CCN(C(=O)O)CC3)cc2)cc2ncsc12)[C@H]1CNC(=O)C1. The predicted octanol–water partition coefficient (Wildman–Crippen LogP) is 3.67. The topological polar surface area (TPSA) is 95.0 Å². The molecule has 0 saturated carbocycles. The molecule has 0 bridgehead atoms. The maximum absolute atomic E-state index is 11.6. The van der Waals surface area contributed by atoms with Gasteiger partial charge < -0.3 is 25.0 Å². The number of rotatable bonds is 5. The molecule has 2 fully saturated rings. The highest BCUT2D eigenvalue weighted by molar-refractivity contribution is 7.17. The van der Waals surface area contributed by atoms with Crippen molar-refractivity contribution in [3.05, 3.63) is 41.9 Å². The van der Waals surface area contributed by atoms with Crippen LogP contribution in [0.3, 0.4) is 0 Å². The van der Waals surface area contributed by atoms with E-state index in [0.29, 0.717) is 39.1 Å². The van der Waals surface area contributed by atoms with E-state index in [0.717, 1.165) is 32.8 Å². The summed E-state index contributed by atoms with van der Waals surface area (Å²) in [5.41, 5.74) is 5.90. The maximum atomic E-state index is 11.6. The summed E-state index contributed by atoms with van der Waals surface area (Å²) < 4.78 is 7.36. The zero-order valence-corrected chi connectivity index (χ0v) is 19.2. The number of nitrogens with one attached hydrogen (secondary N) is 1. The predicted molar refractivity (Wildman–Crippen MR) is 128 cm³/mol. The molecular formula is C24H26N4O4S. The second-order valence-electron chi connectivity index (χ2n) is 8.57. The number of amides is 2. The minimum atomic E-state index is -0.856. The molecule has 33 heavy (non-hydrogen) atoms. The molecular weight excluding hydrogens is 440 g/mol. The molecule has 3 aromatic rings. The number of carbonyl (C=O) groups excluding carboxylic acids is 1. The number of aromatic nitrogens is 1. The summed E-state index contributed by atoms with van der Waals surface area (Å²) in [6, 6.07) is 12.5. The number of piperazine rings is 1. The van der Waals surface area contributed by atoms with Gasteiger partial charge in [-0.05, 0) is 42.3 Å². The number of anilines is 1. The number of hydrogen-bond donors (Lipinski definition) is 2. The molecule has 0 aliphatic carbocycles. The molecule has 8 nitrogen and oxygen atoms in total. The van der Waals surface area contributed by atoms with Gasteiger partial charge in [0.25, 0.3) is 0 Å². The van der Waals surface area contributed by atoms with Crippen LogP contribution in [0, 0.1) is 5.92 Å². The lowest BCUT2D eigenvalue weighted by molar-refractivity contribution is -0.119. The van der Waals surface area contributed by atoms with Crippen LogP contribution in [0.15, 0.2) is 41.9 Å². The van der Waals surface area contributed by atoms with E-state index in [-0.39, 0.29) is 17.9 Å². The Balaban J connectivity index is 1.35. The van der Waals surface area contributed by atoms with E-state index in [9.17, 15) is 9.59 Å². The highest BCUT2D eigenvalue weighted by Crippen LogP contribution is 2.36. The van der Waals surface area contributed by atoms with Gasteiger partial charge in [0, 0.05) is 50.7 Å². The Morgan fingerprint density at radius 3 is 2.61 bits per heavy atom. The van der Waals surface area contributed by atoms with Crippen molar-refractivity contribution >= 4 is 39.2 Å². The Labute approximate surface area is 195 Å². The van der Waals surface area contributed by atoms with Crippen LogP contribution in [0.1, 0.15) is 13.3 Å². The van der Waals surface area contributed by atoms with Crippen LogP contribution in [0.2, 0.25) is 0 Å². The van der Waals surface area contributed by atoms with Crippen molar-refractivity contribution in [1.82, 2.24) is 15.2 Å². The number of fused-ring (bicyclic) bond motifs is 1. The molecule has 2 saturated heterocycles. The number of nitrogens with zero attached hydrogens (tertiary/aromatic N) is 3. The molecule has 2 aliphatic rings. The van der Waals surface area contributed by atoms with E-state index in [1.54, 1.807) is 11.3 Å². The van der Waals surface area contributed by atoms with Gasteiger partial charge in [-0.3, -0.25) is 4.79 Å². The van der Waals surface area contributed by atoms with Gasteiger partial charge in [-0.2, -0.15) is 0 Å². The van der Waals surface area contributed by atoms with Crippen molar-refractivity contribution in [2.45, 2.75) is 19.4 Å². The molecule has 2 aliphatic heterocycles. The van der Waals surface area contributed by atoms with Gasteiger partial charge in [-0.15, -0.1) is 11.3 Å². The Bertz CT molecular complexity index is 1170. The van der Waals surface area contributed by atoms with Gasteiger partial charge in [0.1, 0.15) is 11.9 Å². The normalized spacial score (nSPS) is 19.5. The standard InChI is InChI=1S/C24H26N4O4S/c1-15(18-12-22(29)25-13-18)32-21-11-17(10-20-23(21)33-14-26-20)16-2-4-19(5-3-16)27-6-8-28(9-7-27)24(30)31/h2-5,10-11,14-15,18H,6-9,12-13H2,1H3,(H,25,29)(H,30,31)/t15-,18-/m1/s1. The molecule has 2 amide bonds. The van der Waals surface area contributed by atoms with Crippen molar-refractivity contribution < 1.29 is 19.4 Å². The first-order valence-electron chi connectivity index (χ1n) is 11.1. The molecule has 9 heteroatoms. The van der Waals surface area contributed by atoms with E-state index >= 15 is 0 Å². The Kier molecular flexibility index (Phi) is 5.80. The second kappa shape index (κ2) is 8.90. The van der Waals surface area contributed by atoms with Crippen LogP contribution in [0.25, 0.3) is 21.3 Å². The number of carboxylic acid groups (broad SMARTS) is 1. The number of carbonyl (C=O) groups is 2. The van der Waals surface area contributed by atoms with Crippen LogP contribution < -0.4 is 15.0 Å². The van der Waals surface area contributed by atoms with E-state index in [1.165, 1.54) is 4.90 Å². The zero-order valence-electron chi connectivity index (χ0n) is 18.4. The highest BCUT2D eigenvalue weighted by Gasteiger charge is 2.28. The fourth-order valence-electron chi connectivity index (χ4n) is 4.47. The lowest BCUT2D eigenvalue weighted by atomic mass is 10.0. The van der Waals surface area contributed by atoms with Crippen molar-refractivity contribution in [2.75, 3.05) is 37.6 Å². The molecule has 0 spiro atoms. The fraction of sp³-hybridized carbons (Fsp3) is 0.375. The monoisotopic (exact) mass is 466 g/mol. The summed E-state index contributed by atoms with van der Waals surface area (Å²) >= 11 is 1.56. The third kappa shape index (κ3) is 4.45. The maximum Gasteiger partial charge on any atom is 0.407 e. The van der Waals surface area contributed by atoms with E-state index in [1.807, 2.05) is 12.4 Å². The third-order valence-electron chi connectivity index (χ3n) is 6.50. The van der Waals surface area contributed by atoms with Gasteiger partial charge in [0.15, 0.2) is 0 Å². The molecule has 2 N–H and O–H groups in total. The van der Waals surface area contributed by atoms with E-state index in [2.05, 4.69) is 51.6 Å². The van der Waals surface area contributed by atoms with Gasteiger partial charge in [-0.1, -0.05) is 12.1 Å². The first kappa shape index (κ1) is 21.5. The number of benzene rings is 2. The zero-order chi connectivity index (χ0) is 22.9. The van der Waals surface area contributed by atoms with E-state index in [4.69, 9.17) is 9.84 Å². The molecule has 172 valence electrons. The van der Waals surface area contributed by atoms with Crippen molar-refractivity contribution in [3.8, 4) is 16.9 Å². The Morgan fingerprint density at radius 1 is 1.18 bits per heavy atom. The largest absolute Gasteiger partial charge is 0.489 e. The number of hydrogen-bond acceptors (Lipinski definition) is 6. The van der Waals surface area contributed by atoms with Crippen molar-refractivity contribution in [2.24, 2.45) is 5.92 Å². The summed E-state index contributed by atoms with van der Waals surface area (Å²) in [7, 11) is 0. The lowest BCUT2D eigenvalue weighted by Crippen LogP contribution is -2.48. The third-order valence-corrected chi connectivity index (χ3v) is 7.36. The summed E-state index contributed by atoms with van der Waals surface area (Å²) in [6.45, 7) is 5.06. The lowest BCUT2D eigenvalue weighted by Gasteiger charge is -2.34. The number of thiazole rings is 1. The summed E-state index contributed by atoms with van der Waals surface area (Å²) in [5, 5.41) is 12.0. The molecule has 0 unspecified atom stereocenters. The van der Waals surface area contributed by atoms with Crippen LogP contribution in [-0.2, 0) is 4.79 Å². The molecule has 2 atom stereocenters. The number of ether oxygens (including phenoxy) is 1. The van der Waals surface area contributed by atoms with Gasteiger partial charge >= 0.3 is 6.09 Å². The van der Waals surface area contributed by atoms with Crippen molar-refractivity contribution in [1.29, 1.82) is 0 Å². The Morgan fingerprint density at radius 2 is 1.94 bits per heavy atom. The summed E-state index contributed by atoms with van der Waals surface area (Å²) in [5.74, 6) is 1.03. The van der Waals surface area contributed by atoms with Crippen LogP contribution in [0.5, 0.6) is 5.75 Å². The van der Waals surface area contributed by atoms with Crippen LogP contribution in [-0.4, -0.2) is 65.8 Å². The van der Waals surface area contributed by atoms with Crippen LogP contribution >= 0.6 is 11.3 Å². The average molecular weight is 467 g/mol. The van der Waals surface area contributed by atoms with E-state index < -0.39 is 6.09 Å². The van der Waals surface area contributed by atoms with Gasteiger partial charge in [0.2, 0.25) is 5.91 Å². The average Bonchev–Trinajstić information content (AvgIpc) is 3.48. The smallest absolute Gasteiger partial charge is 0.407 e. The molecule has 2 aromatic carbocycles. The minimum Gasteiger partial charge on any atom is -0.489 e. The first-order valence-corrected chi connectivity index (χ1v) is 12.0.